The predicted molar refractivity (Wildman–Crippen MR) is 307 cm³/mol. The number of phosphoric acid groups is 1. The van der Waals surface area contributed by atoms with Crippen molar-refractivity contribution in [2.45, 2.75) is 315 Å². The largest absolute Gasteiger partial charge is 0.756 e. The Bertz CT molecular complexity index is 1250. The number of carbonyl (C=O) groups excluding carboxylic acids is 1. The van der Waals surface area contributed by atoms with Crippen molar-refractivity contribution in [2.24, 2.45) is 0 Å². The van der Waals surface area contributed by atoms with Crippen LogP contribution in [0.1, 0.15) is 303 Å². The number of nitrogens with zero attached hydrogens (tertiary/aromatic N) is 1. The fourth-order valence-electron chi connectivity index (χ4n) is 9.25. The van der Waals surface area contributed by atoms with E-state index < -0.39 is 20.0 Å². The molecule has 0 heterocycles. The molecular formula is C62H121N2O6P. The second kappa shape index (κ2) is 53.5. The number of aliphatic hydroxyl groups is 1. The molecule has 0 rings (SSSR count). The van der Waals surface area contributed by atoms with Crippen LogP contribution >= 0.6 is 7.82 Å². The molecule has 0 aliphatic rings. The van der Waals surface area contributed by atoms with E-state index in [-0.39, 0.29) is 19.1 Å². The van der Waals surface area contributed by atoms with Crippen LogP contribution in [0.15, 0.2) is 36.5 Å². The lowest BCUT2D eigenvalue weighted by atomic mass is 10.0. The van der Waals surface area contributed by atoms with Crippen molar-refractivity contribution >= 4 is 13.7 Å². The van der Waals surface area contributed by atoms with Crippen LogP contribution in [0.5, 0.6) is 0 Å². The van der Waals surface area contributed by atoms with Crippen molar-refractivity contribution in [2.75, 3.05) is 40.9 Å². The minimum atomic E-state index is -4.60. The summed E-state index contributed by atoms with van der Waals surface area (Å²) in [6, 6.07) is -0.887. The number of amides is 1. The molecule has 0 aromatic carbocycles. The summed E-state index contributed by atoms with van der Waals surface area (Å²) >= 11 is 0. The van der Waals surface area contributed by atoms with Crippen molar-refractivity contribution in [1.29, 1.82) is 0 Å². The molecule has 1 amide bonds. The van der Waals surface area contributed by atoms with Gasteiger partial charge in [-0.1, -0.05) is 281 Å². The summed E-state index contributed by atoms with van der Waals surface area (Å²) in [5.41, 5.74) is 0. The van der Waals surface area contributed by atoms with Crippen molar-refractivity contribution in [3.63, 3.8) is 0 Å². The maximum absolute atomic E-state index is 13.0. The van der Waals surface area contributed by atoms with Gasteiger partial charge in [0.1, 0.15) is 13.2 Å². The minimum Gasteiger partial charge on any atom is -0.756 e. The van der Waals surface area contributed by atoms with Gasteiger partial charge >= 0.3 is 0 Å². The molecule has 0 aliphatic heterocycles. The highest BCUT2D eigenvalue weighted by Crippen LogP contribution is 2.38. The molecular weight excluding hydrogens is 900 g/mol. The first-order chi connectivity index (χ1) is 34.5. The van der Waals surface area contributed by atoms with E-state index in [4.69, 9.17) is 9.05 Å². The van der Waals surface area contributed by atoms with E-state index in [1.165, 1.54) is 238 Å². The van der Waals surface area contributed by atoms with Crippen LogP contribution in [0, 0.1) is 0 Å². The average molecular weight is 1020 g/mol. The lowest BCUT2D eigenvalue weighted by Gasteiger charge is -2.29. The van der Waals surface area contributed by atoms with Gasteiger partial charge in [-0.05, 0) is 51.4 Å². The molecule has 0 saturated heterocycles. The van der Waals surface area contributed by atoms with Crippen LogP contribution in [0.4, 0.5) is 0 Å². The van der Waals surface area contributed by atoms with Gasteiger partial charge in [0.2, 0.25) is 5.91 Å². The fourth-order valence-corrected chi connectivity index (χ4v) is 9.97. The first kappa shape index (κ1) is 69.7. The van der Waals surface area contributed by atoms with Gasteiger partial charge in [0.05, 0.1) is 39.9 Å². The number of rotatable bonds is 57. The van der Waals surface area contributed by atoms with E-state index in [1.807, 2.05) is 27.2 Å². The van der Waals surface area contributed by atoms with Gasteiger partial charge in [0.25, 0.3) is 7.82 Å². The molecule has 8 nitrogen and oxygen atoms in total. The summed E-state index contributed by atoms with van der Waals surface area (Å²) < 4.78 is 23.4. The van der Waals surface area contributed by atoms with Crippen LogP contribution in [0.2, 0.25) is 0 Å². The van der Waals surface area contributed by atoms with E-state index in [1.54, 1.807) is 6.08 Å². The molecule has 0 bridgehead atoms. The van der Waals surface area contributed by atoms with Gasteiger partial charge < -0.3 is 28.8 Å². The Labute approximate surface area is 442 Å². The standard InChI is InChI=1S/C62H121N2O6P/c1-6-8-10-12-14-16-18-20-22-24-26-28-30-32-34-36-38-40-42-44-46-48-50-52-54-56-62(66)63-60(59-70-71(67,68)69-58-57-64(3,4)5)61(65)55-53-51-49-47-45-43-41-39-37-35-33-31-29-27-25-23-21-19-17-15-13-11-9-7-2/h18,20,24,26,53,55,60-61,65H,6-17,19,21-23,25,27-52,54,56-59H2,1-5H3,(H-,63,66,67,68)/b20-18-,26-24-,55-53+. The van der Waals surface area contributed by atoms with Crippen LogP contribution in [0.3, 0.4) is 0 Å². The SMILES string of the molecule is CCCCCCC/C=C\C/C=C\CCCCCCCCCCCCCCCC(=O)NC(COP(=O)([O-])OCC[N+](C)(C)C)C(O)/C=C/CCCCCCCCCCCCCCCCCCCCCCCC. The Hall–Kier alpha value is -1.28. The molecule has 3 atom stereocenters. The Morgan fingerprint density at radius 2 is 0.817 bits per heavy atom. The zero-order valence-electron chi connectivity index (χ0n) is 47.9. The minimum absolute atomic E-state index is 0.000129. The van der Waals surface area contributed by atoms with Crippen LogP contribution in [-0.2, 0) is 18.4 Å². The van der Waals surface area contributed by atoms with Crippen LogP contribution in [-0.4, -0.2) is 68.5 Å². The first-order valence-electron chi connectivity index (χ1n) is 30.9. The molecule has 0 aromatic rings. The smallest absolute Gasteiger partial charge is 0.268 e. The molecule has 9 heteroatoms. The van der Waals surface area contributed by atoms with Gasteiger partial charge in [0.15, 0.2) is 0 Å². The number of aliphatic hydroxyl groups excluding tert-OH is 1. The number of hydrogen-bond donors (Lipinski definition) is 2. The Kier molecular flexibility index (Phi) is 52.6. The Balaban J connectivity index is 4.16. The summed E-state index contributed by atoms with van der Waals surface area (Å²) in [6.07, 6.45) is 69.4. The topological polar surface area (TPSA) is 108 Å². The van der Waals surface area contributed by atoms with Gasteiger partial charge in [-0.15, -0.1) is 0 Å². The highest BCUT2D eigenvalue weighted by molar-refractivity contribution is 7.45. The summed E-state index contributed by atoms with van der Waals surface area (Å²) in [5.74, 6) is -0.194. The van der Waals surface area contributed by atoms with Crippen LogP contribution in [0.25, 0.3) is 0 Å². The van der Waals surface area contributed by atoms with Crippen molar-refractivity contribution in [1.82, 2.24) is 5.32 Å². The number of hydrogen-bond acceptors (Lipinski definition) is 6. The third-order valence-corrected chi connectivity index (χ3v) is 15.1. The quantitative estimate of drug-likeness (QED) is 0.0272. The van der Waals surface area contributed by atoms with Crippen molar-refractivity contribution in [3.8, 4) is 0 Å². The maximum Gasteiger partial charge on any atom is 0.268 e. The second-order valence-electron chi connectivity index (χ2n) is 22.4. The van der Waals surface area contributed by atoms with E-state index in [0.717, 1.165) is 44.9 Å². The monoisotopic (exact) mass is 1020 g/mol. The Morgan fingerprint density at radius 3 is 1.17 bits per heavy atom. The third kappa shape index (κ3) is 56.3. The number of quaternary nitrogens is 1. The predicted octanol–water partition coefficient (Wildman–Crippen LogP) is 18.3. The maximum atomic E-state index is 13.0. The number of allylic oxidation sites excluding steroid dienone is 5. The number of phosphoric ester groups is 1. The van der Waals surface area contributed by atoms with E-state index in [0.29, 0.717) is 17.4 Å². The van der Waals surface area contributed by atoms with Crippen molar-refractivity contribution in [3.05, 3.63) is 36.5 Å². The lowest BCUT2D eigenvalue weighted by Crippen LogP contribution is -2.45. The molecule has 420 valence electrons. The number of unbranched alkanes of at least 4 members (excludes halogenated alkanes) is 40. The highest BCUT2D eigenvalue weighted by atomic mass is 31.2. The molecule has 71 heavy (non-hydrogen) atoms. The summed E-state index contributed by atoms with van der Waals surface area (Å²) in [4.78, 5) is 25.5. The molecule has 0 aliphatic carbocycles. The average Bonchev–Trinajstić information content (AvgIpc) is 3.33. The van der Waals surface area contributed by atoms with E-state index in [2.05, 4.69) is 43.5 Å². The highest BCUT2D eigenvalue weighted by Gasteiger charge is 2.23. The normalized spacial score (nSPS) is 14.1. The summed E-state index contributed by atoms with van der Waals surface area (Å²) in [7, 11) is 1.27. The number of carbonyl (C=O) groups is 1. The molecule has 0 spiro atoms. The zero-order valence-corrected chi connectivity index (χ0v) is 48.8. The number of likely N-dealkylation sites (N-methyl/N-ethyl adjacent to an activating group) is 1. The Morgan fingerprint density at radius 1 is 0.493 bits per heavy atom. The molecule has 3 unspecified atom stereocenters. The second-order valence-corrected chi connectivity index (χ2v) is 23.8. The van der Waals surface area contributed by atoms with Crippen LogP contribution < -0.4 is 10.2 Å². The lowest BCUT2D eigenvalue weighted by molar-refractivity contribution is -0.870. The molecule has 0 fully saturated rings. The molecule has 0 saturated carbocycles. The molecule has 2 N–H and O–H groups in total. The fraction of sp³-hybridized carbons (Fsp3) is 0.887. The summed E-state index contributed by atoms with van der Waals surface area (Å²) in [5, 5.41) is 13.9. The van der Waals surface area contributed by atoms with E-state index in [9.17, 15) is 19.4 Å². The van der Waals surface area contributed by atoms with Gasteiger partial charge in [0, 0.05) is 6.42 Å². The zero-order chi connectivity index (χ0) is 52.0. The first-order valence-corrected chi connectivity index (χ1v) is 32.3. The summed E-state index contributed by atoms with van der Waals surface area (Å²) in [6.45, 7) is 4.68. The molecule has 0 radical (unpaired) electrons. The molecule has 0 aromatic heterocycles. The van der Waals surface area contributed by atoms with Gasteiger partial charge in [-0.2, -0.15) is 0 Å². The van der Waals surface area contributed by atoms with Gasteiger partial charge in [-0.3, -0.25) is 9.36 Å². The number of nitrogens with one attached hydrogen (secondary N) is 1. The van der Waals surface area contributed by atoms with Gasteiger partial charge in [-0.25, -0.2) is 0 Å². The van der Waals surface area contributed by atoms with Crippen molar-refractivity contribution < 1.29 is 32.9 Å². The third-order valence-electron chi connectivity index (χ3n) is 14.1. The van der Waals surface area contributed by atoms with E-state index >= 15 is 0 Å².